The molecule has 0 saturated heterocycles. The Balaban J connectivity index is 2.78. The Morgan fingerprint density at radius 2 is 2.40 bits per heavy atom. The molecule has 0 spiro atoms. The normalized spacial score (nSPS) is 18.6. The van der Waals surface area contributed by atoms with Gasteiger partial charge in [-0.2, -0.15) is 0 Å². The summed E-state index contributed by atoms with van der Waals surface area (Å²) in [5, 5.41) is 0.568. The zero-order valence-corrected chi connectivity index (χ0v) is 6.57. The number of ether oxygens (including phenoxy) is 1. The van der Waals surface area contributed by atoms with Gasteiger partial charge in [-0.3, -0.25) is 4.79 Å². The molecule has 56 valence electrons. The maximum Gasteiger partial charge on any atom is 0.195 e. The summed E-state index contributed by atoms with van der Waals surface area (Å²) in [5.74, 6) is 0.276. The van der Waals surface area contributed by atoms with Gasteiger partial charge in [-0.05, 0) is 12.8 Å². The second-order valence-electron chi connectivity index (χ2n) is 2.24. The van der Waals surface area contributed by atoms with Crippen LogP contribution in [0.5, 0.6) is 0 Å². The SMILES string of the molecule is CC(=O)C1=C(Cl)CCCO1. The summed E-state index contributed by atoms with van der Waals surface area (Å²) in [6.45, 7) is 2.08. The average molecular weight is 161 g/mol. The Bertz CT molecular complexity index is 184. The summed E-state index contributed by atoms with van der Waals surface area (Å²) < 4.78 is 5.05. The summed E-state index contributed by atoms with van der Waals surface area (Å²) in [6.07, 6.45) is 1.69. The van der Waals surface area contributed by atoms with Crippen LogP contribution < -0.4 is 0 Å². The van der Waals surface area contributed by atoms with Crippen molar-refractivity contribution in [3.63, 3.8) is 0 Å². The van der Waals surface area contributed by atoms with Crippen LogP contribution in [0, 0.1) is 0 Å². The predicted molar refractivity (Wildman–Crippen MR) is 38.7 cm³/mol. The number of ketones is 1. The van der Waals surface area contributed by atoms with Crippen LogP contribution in [0.2, 0.25) is 0 Å². The van der Waals surface area contributed by atoms with Crippen LogP contribution in [0.25, 0.3) is 0 Å². The lowest BCUT2D eigenvalue weighted by atomic mass is 10.2. The number of hydrogen-bond donors (Lipinski definition) is 0. The summed E-state index contributed by atoms with van der Waals surface area (Å²) in [5.41, 5.74) is 0. The second kappa shape index (κ2) is 3.06. The minimum atomic E-state index is -0.0790. The maximum absolute atomic E-state index is 10.7. The number of Topliss-reactive ketones (excluding diaryl/α,β-unsaturated/α-hetero) is 1. The molecule has 1 aliphatic rings. The highest BCUT2D eigenvalue weighted by atomic mass is 35.5. The first-order valence-electron chi connectivity index (χ1n) is 3.24. The van der Waals surface area contributed by atoms with Gasteiger partial charge in [0, 0.05) is 6.92 Å². The van der Waals surface area contributed by atoms with Crippen molar-refractivity contribution < 1.29 is 9.53 Å². The zero-order chi connectivity index (χ0) is 7.56. The van der Waals surface area contributed by atoms with Crippen LogP contribution in [-0.2, 0) is 9.53 Å². The smallest absolute Gasteiger partial charge is 0.195 e. The minimum absolute atomic E-state index is 0.0790. The standard InChI is InChI=1S/C7H9ClO2/c1-5(9)7-6(8)3-2-4-10-7/h2-4H2,1H3. The topological polar surface area (TPSA) is 26.3 Å². The van der Waals surface area contributed by atoms with Crippen molar-refractivity contribution in [1.29, 1.82) is 0 Å². The van der Waals surface area contributed by atoms with Gasteiger partial charge >= 0.3 is 0 Å². The molecule has 1 heterocycles. The van der Waals surface area contributed by atoms with Crippen molar-refractivity contribution in [2.75, 3.05) is 6.61 Å². The third kappa shape index (κ3) is 1.51. The first kappa shape index (κ1) is 7.61. The van der Waals surface area contributed by atoms with E-state index in [9.17, 15) is 4.79 Å². The monoisotopic (exact) mass is 160 g/mol. The number of allylic oxidation sites excluding steroid dienone is 2. The Labute approximate surface area is 64.8 Å². The van der Waals surface area contributed by atoms with Crippen molar-refractivity contribution >= 4 is 17.4 Å². The van der Waals surface area contributed by atoms with E-state index in [1.54, 1.807) is 0 Å². The van der Waals surface area contributed by atoms with Crippen molar-refractivity contribution in [3.05, 3.63) is 10.8 Å². The second-order valence-corrected chi connectivity index (χ2v) is 2.70. The molecule has 0 fully saturated rings. The van der Waals surface area contributed by atoms with Gasteiger partial charge in [-0.15, -0.1) is 0 Å². The number of halogens is 1. The van der Waals surface area contributed by atoms with Gasteiger partial charge in [0.1, 0.15) is 0 Å². The van der Waals surface area contributed by atoms with Crippen LogP contribution in [0.1, 0.15) is 19.8 Å². The number of hydrogen-bond acceptors (Lipinski definition) is 2. The van der Waals surface area contributed by atoms with E-state index in [0.717, 1.165) is 12.8 Å². The quantitative estimate of drug-likeness (QED) is 0.585. The van der Waals surface area contributed by atoms with Crippen molar-refractivity contribution in [2.45, 2.75) is 19.8 Å². The van der Waals surface area contributed by atoms with Crippen molar-refractivity contribution in [3.8, 4) is 0 Å². The van der Waals surface area contributed by atoms with E-state index >= 15 is 0 Å². The molecule has 0 radical (unpaired) electrons. The maximum atomic E-state index is 10.7. The van der Waals surface area contributed by atoms with E-state index in [2.05, 4.69) is 0 Å². The molecule has 0 saturated carbocycles. The predicted octanol–water partition coefficient (Wildman–Crippen LogP) is 1.84. The fraction of sp³-hybridized carbons (Fsp3) is 0.571. The summed E-state index contributed by atoms with van der Waals surface area (Å²) >= 11 is 5.71. The Kier molecular flexibility index (Phi) is 2.33. The van der Waals surface area contributed by atoms with E-state index < -0.39 is 0 Å². The molecule has 0 amide bonds. The molecule has 10 heavy (non-hydrogen) atoms. The number of carbonyl (C=O) groups excluding carboxylic acids is 1. The van der Waals surface area contributed by atoms with Crippen molar-refractivity contribution in [2.24, 2.45) is 0 Å². The third-order valence-electron chi connectivity index (χ3n) is 1.35. The highest BCUT2D eigenvalue weighted by Gasteiger charge is 2.15. The van der Waals surface area contributed by atoms with Crippen LogP contribution >= 0.6 is 11.6 Å². The fourth-order valence-corrected chi connectivity index (χ4v) is 1.21. The molecule has 1 aliphatic heterocycles. The van der Waals surface area contributed by atoms with E-state index in [1.807, 2.05) is 0 Å². The van der Waals surface area contributed by atoms with Crippen LogP contribution in [0.4, 0.5) is 0 Å². The summed E-state index contributed by atoms with van der Waals surface area (Å²) in [4.78, 5) is 10.7. The van der Waals surface area contributed by atoms with E-state index in [1.165, 1.54) is 6.92 Å². The summed E-state index contributed by atoms with van der Waals surface area (Å²) in [7, 11) is 0. The Morgan fingerprint density at radius 1 is 1.70 bits per heavy atom. The lowest BCUT2D eigenvalue weighted by molar-refractivity contribution is -0.117. The lowest BCUT2D eigenvalue weighted by Crippen LogP contribution is -2.10. The summed E-state index contributed by atoms with van der Waals surface area (Å²) in [6, 6.07) is 0. The highest BCUT2D eigenvalue weighted by molar-refractivity contribution is 6.31. The molecular formula is C7H9ClO2. The number of carbonyl (C=O) groups is 1. The van der Waals surface area contributed by atoms with Gasteiger partial charge in [0.05, 0.1) is 11.6 Å². The number of rotatable bonds is 1. The molecule has 0 unspecified atom stereocenters. The van der Waals surface area contributed by atoms with Crippen LogP contribution in [0.15, 0.2) is 10.8 Å². The Morgan fingerprint density at radius 3 is 2.80 bits per heavy atom. The van der Waals surface area contributed by atoms with Gasteiger partial charge < -0.3 is 4.74 Å². The van der Waals surface area contributed by atoms with Gasteiger partial charge in [-0.1, -0.05) is 11.6 Å². The highest BCUT2D eigenvalue weighted by Crippen LogP contribution is 2.22. The van der Waals surface area contributed by atoms with Crippen LogP contribution in [0.3, 0.4) is 0 Å². The van der Waals surface area contributed by atoms with Gasteiger partial charge in [0.2, 0.25) is 0 Å². The molecular weight excluding hydrogens is 152 g/mol. The van der Waals surface area contributed by atoms with Gasteiger partial charge in [0.15, 0.2) is 11.5 Å². The third-order valence-corrected chi connectivity index (χ3v) is 1.71. The molecule has 0 N–H and O–H groups in total. The minimum Gasteiger partial charge on any atom is -0.489 e. The average Bonchev–Trinajstić information content (AvgIpc) is 1.88. The lowest BCUT2D eigenvalue weighted by Gasteiger charge is -2.14. The molecule has 0 bridgehead atoms. The molecule has 0 aliphatic carbocycles. The van der Waals surface area contributed by atoms with E-state index in [0.29, 0.717) is 17.4 Å². The first-order valence-corrected chi connectivity index (χ1v) is 3.62. The largest absolute Gasteiger partial charge is 0.489 e. The van der Waals surface area contributed by atoms with E-state index in [-0.39, 0.29) is 5.78 Å². The molecule has 0 aromatic rings. The molecule has 0 atom stereocenters. The van der Waals surface area contributed by atoms with Crippen molar-refractivity contribution in [1.82, 2.24) is 0 Å². The first-order chi connectivity index (χ1) is 4.72. The molecule has 1 rings (SSSR count). The van der Waals surface area contributed by atoms with Gasteiger partial charge in [-0.25, -0.2) is 0 Å². The zero-order valence-electron chi connectivity index (χ0n) is 5.82. The molecule has 3 heteroatoms. The van der Waals surface area contributed by atoms with Crippen LogP contribution in [-0.4, -0.2) is 12.4 Å². The molecule has 2 nitrogen and oxygen atoms in total. The van der Waals surface area contributed by atoms with Gasteiger partial charge in [0.25, 0.3) is 0 Å². The molecule has 0 aromatic heterocycles. The Hall–Kier alpha value is -0.500. The molecule has 0 aromatic carbocycles. The van der Waals surface area contributed by atoms with E-state index in [4.69, 9.17) is 16.3 Å². The fourth-order valence-electron chi connectivity index (χ4n) is 0.886.